The molecular formula is C10H14N6O2. The van der Waals surface area contributed by atoms with E-state index in [-0.39, 0.29) is 5.82 Å². The Hall–Kier alpha value is -2.38. The number of nitro groups is 1. The number of rotatable bonds is 4. The maximum absolute atomic E-state index is 10.6. The van der Waals surface area contributed by atoms with Gasteiger partial charge in [-0.3, -0.25) is 4.68 Å². The molecule has 0 atom stereocenters. The molecule has 0 spiro atoms. The molecule has 0 aromatic carbocycles. The number of nitrogens with one attached hydrogen (secondary N) is 1. The van der Waals surface area contributed by atoms with Crippen molar-refractivity contribution in [1.29, 1.82) is 0 Å². The molecule has 0 aliphatic rings. The standard InChI is InChI=1S/C10H14N6O2/c1-7-8(10(11-2)14(3)13-7)4-15-5-9(12-6-15)16(17)18/h5-6,11H,4H2,1-3H3. The van der Waals surface area contributed by atoms with E-state index in [1.54, 1.807) is 9.25 Å². The van der Waals surface area contributed by atoms with Crippen LogP contribution in [0.25, 0.3) is 0 Å². The first-order valence-corrected chi connectivity index (χ1v) is 5.39. The third-order valence-electron chi connectivity index (χ3n) is 2.73. The second kappa shape index (κ2) is 4.47. The molecule has 96 valence electrons. The minimum Gasteiger partial charge on any atom is -0.373 e. The molecule has 0 bridgehead atoms. The third kappa shape index (κ3) is 2.04. The summed E-state index contributed by atoms with van der Waals surface area (Å²) in [6.07, 6.45) is 2.86. The molecule has 0 saturated carbocycles. The minimum atomic E-state index is -0.508. The summed E-state index contributed by atoms with van der Waals surface area (Å²) in [5, 5.41) is 17.9. The Morgan fingerprint density at radius 3 is 2.83 bits per heavy atom. The predicted octanol–water partition coefficient (Wildman–Crippen LogP) is 0.923. The summed E-state index contributed by atoms with van der Waals surface area (Å²) in [5.41, 5.74) is 1.88. The Labute approximate surface area is 103 Å². The first-order chi connectivity index (χ1) is 8.52. The highest BCUT2D eigenvalue weighted by molar-refractivity contribution is 5.47. The van der Waals surface area contributed by atoms with Crippen molar-refractivity contribution >= 4 is 11.6 Å². The van der Waals surface area contributed by atoms with E-state index in [1.165, 1.54) is 12.5 Å². The van der Waals surface area contributed by atoms with E-state index in [9.17, 15) is 10.1 Å². The molecule has 0 radical (unpaired) electrons. The van der Waals surface area contributed by atoms with E-state index in [0.29, 0.717) is 6.54 Å². The minimum absolute atomic E-state index is 0.150. The summed E-state index contributed by atoms with van der Waals surface area (Å²) in [6.45, 7) is 2.40. The van der Waals surface area contributed by atoms with Crippen molar-refractivity contribution in [3.05, 3.63) is 33.9 Å². The smallest absolute Gasteiger partial charge is 0.373 e. The summed E-state index contributed by atoms with van der Waals surface area (Å²) in [6, 6.07) is 0. The first-order valence-electron chi connectivity index (χ1n) is 5.39. The topological polar surface area (TPSA) is 90.8 Å². The van der Waals surface area contributed by atoms with E-state index >= 15 is 0 Å². The first kappa shape index (κ1) is 12.1. The van der Waals surface area contributed by atoms with Crippen molar-refractivity contribution in [3.8, 4) is 0 Å². The van der Waals surface area contributed by atoms with Crippen LogP contribution in [0.4, 0.5) is 11.6 Å². The van der Waals surface area contributed by atoms with Crippen molar-refractivity contribution in [2.45, 2.75) is 13.5 Å². The van der Waals surface area contributed by atoms with Crippen LogP contribution in [0.5, 0.6) is 0 Å². The predicted molar refractivity (Wildman–Crippen MR) is 65.5 cm³/mol. The summed E-state index contributed by atoms with van der Waals surface area (Å²) in [7, 11) is 3.66. The monoisotopic (exact) mass is 250 g/mol. The molecule has 8 nitrogen and oxygen atoms in total. The zero-order valence-electron chi connectivity index (χ0n) is 10.4. The van der Waals surface area contributed by atoms with Crippen molar-refractivity contribution in [2.75, 3.05) is 12.4 Å². The molecule has 0 aliphatic carbocycles. The quantitative estimate of drug-likeness (QED) is 0.643. The molecule has 2 heterocycles. The lowest BCUT2D eigenvalue weighted by Crippen LogP contribution is -2.03. The lowest BCUT2D eigenvalue weighted by molar-refractivity contribution is -0.389. The van der Waals surface area contributed by atoms with Gasteiger partial charge < -0.3 is 20.0 Å². The summed E-state index contributed by atoms with van der Waals surface area (Å²) >= 11 is 0. The number of hydrogen-bond donors (Lipinski definition) is 1. The molecule has 8 heteroatoms. The van der Waals surface area contributed by atoms with Gasteiger partial charge in [-0.25, -0.2) is 0 Å². The fraction of sp³-hybridized carbons (Fsp3) is 0.400. The Morgan fingerprint density at radius 1 is 1.56 bits per heavy atom. The number of nitrogens with zero attached hydrogens (tertiary/aromatic N) is 5. The SMILES string of the molecule is CNc1c(Cn2cnc([N+](=O)[O-])c2)c(C)nn1C. The maximum atomic E-state index is 10.6. The summed E-state index contributed by atoms with van der Waals surface area (Å²) < 4.78 is 3.42. The second-order valence-electron chi connectivity index (χ2n) is 3.95. The Balaban J connectivity index is 2.30. The second-order valence-corrected chi connectivity index (χ2v) is 3.95. The van der Waals surface area contributed by atoms with Gasteiger partial charge in [0.05, 0.1) is 12.2 Å². The van der Waals surface area contributed by atoms with Crippen LogP contribution >= 0.6 is 0 Å². The highest BCUT2D eigenvalue weighted by atomic mass is 16.6. The average molecular weight is 250 g/mol. The molecular weight excluding hydrogens is 236 g/mol. The number of aryl methyl sites for hydroxylation is 2. The van der Waals surface area contributed by atoms with Gasteiger partial charge in [-0.2, -0.15) is 5.10 Å². The van der Waals surface area contributed by atoms with E-state index in [0.717, 1.165) is 17.1 Å². The Kier molecular flexibility index (Phi) is 3.00. The van der Waals surface area contributed by atoms with Crippen LogP contribution in [-0.4, -0.2) is 31.3 Å². The van der Waals surface area contributed by atoms with E-state index in [1.807, 2.05) is 21.0 Å². The zero-order chi connectivity index (χ0) is 13.3. The Morgan fingerprint density at radius 2 is 2.28 bits per heavy atom. The Bertz CT molecular complexity index is 585. The third-order valence-corrected chi connectivity index (χ3v) is 2.73. The van der Waals surface area contributed by atoms with Crippen molar-refractivity contribution in [3.63, 3.8) is 0 Å². The molecule has 2 rings (SSSR count). The van der Waals surface area contributed by atoms with Gasteiger partial charge in [-0.15, -0.1) is 0 Å². The lowest BCUT2D eigenvalue weighted by atomic mass is 10.2. The van der Waals surface area contributed by atoms with E-state index < -0.39 is 4.92 Å². The summed E-state index contributed by atoms with van der Waals surface area (Å²) in [5.74, 6) is 0.742. The molecule has 0 amide bonds. The van der Waals surface area contributed by atoms with Crippen LogP contribution in [0.3, 0.4) is 0 Å². The van der Waals surface area contributed by atoms with Crippen LogP contribution in [0.2, 0.25) is 0 Å². The highest BCUT2D eigenvalue weighted by Crippen LogP contribution is 2.20. The van der Waals surface area contributed by atoms with Crippen LogP contribution in [0.1, 0.15) is 11.3 Å². The van der Waals surface area contributed by atoms with Gasteiger partial charge in [-0.1, -0.05) is 0 Å². The van der Waals surface area contributed by atoms with Gasteiger partial charge in [0, 0.05) is 19.7 Å². The zero-order valence-corrected chi connectivity index (χ0v) is 10.4. The highest BCUT2D eigenvalue weighted by Gasteiger charge is 2.15. The molecule has 0 saturated heterocycles. The summed E-state index contributed by atoms with van der Waals surface area (Å²) in [4.78, 5) is 13.8. The largest absolute Gasteiger partial charge is 0.381 e. The number of imidazole rings is 1. The molecule has 0 unspecified atom stereocenters. The fourth-order valence-corrected chi connectivity index (χ4v) is 1.92. The lowest BCUT2D eigenvalue weighted by Gasteiger charge is -2.05. The van der Waals surface area contributed by atoms with E-state index in [2.05, 4.69) is 15.4 Å². The van der Waals surface area contributed by atoms with Gasteiger partial charge in [0.25, 0.3) is 0 Å². The normalized spacial score (nSPS) is 10.6. The van der Waals surface area contributed by atoms with Gasteiger partial charge in [0.2, 0.25) is 6.33 Å². The van der Waals surface area contributed by atoms with Crippen molar-refractivity contribution in [2.24, 2.45) is 7.05 Å². The van der Waals surface area contributed by atoms with Crippen LogP contribution in [0, 0.1) is 17.0 Å². The van der Waals surface area contributed by atoms with E-state index in [4.69, 9.17) is 0 Å². The number of anilines is 1. The molecule has 1 N–H and O–H groups in total. The molecule has 0 fully saturated rings. The van der Waals surface area contributed by atoms with Gasteiger partial charge in [0.15, 0.2) is 0 Å². The van der Waals surface area contributed by atoms with Gasteiger partial charge >= 0.3 is 5.82 Å². The molecule has 0 aliphatic heterocycles. The number of aromatic nitrogens is 4. The van der Waals surface area contributed by atoms with Crippen LogP contribution in [0.15, 0.2) is 12.5 Å². The van der Waals surface area contributed by atoms with Crippen molar-refractivity contribution < 1.29 is 4.92 Å². The van der Waals surface area contributed by atoms with Crippen molar-refractivity contribution in [1.82, 2.24) is 19.3 Å². The van der Waals surface area contributed by atoms with Gasteiger partial charge in [0.1, 0.15) is 12.0 Å². The maximum Gasteiger partial charge on any atom is 0.381 e. The van der Waals surface area contributed by atoms with Crippen LogP contribution in [-0.2, 0) is 13.6 Å². The fourth-order valence-electron chi connectivity index (χ4n) is 1.92. The molecule has 2 aromatic heterocycles. The molecule has 18 heavy (non-hydrogen) atoms. The van der Waals surface area contributed by atoms with Crippen LogP contribution < -0.4 is 5.32 Å². The number of hydrogen-bond acceptors (Lipinski definition) is 5. The average Bonchev–Trinajstić information content (AvgIpc) is 2.86. The van der Waals surface area contributed by atoms with Gasteiger partial charge in [-0.05, 0) is 16.8 Å². The molecule has 2 aromatic rings.